The molecular weight excluding hydrogens is 344 g/mol. The van der Waals surface area contributed by atoms with Crippen molar-refractivity contribution in [3.8, 4) is 0 Å². The molecule has 26 heavy (non-hydrogen) atoms. The van der Waals surface area contributed by atoms with E-state index in [4.69, 9.17) is 9.31 Å². The van der Waals surface area contributed by atoms with E-state index in [1.807, 2.05) is 27.7 Å². The van der Waals surface area contributed by atoms with Crippen molar-refractivity contribution >= 4 is 23.6 Å². The van der Waals surface area contributed by atoms with Crippen LogP contribution in [0.4, 0.5) is 13.2 Å². The van der Waals surface area contributed by atoms with Crippen molar-refractivity contribution in [1.82, 2.24) is 9.55 Å². The SMILES string of the molecule is Cc1nc2c(F)cc(B3OC(C)(C)C(C)(C)O3)cc2n1C1CC(F)(F)C1. The number of aromatic nitrogens is 2. The maximum Gasteiger partial charge on any atom is 0.495 e. The molecule has 2 aromatic rings. The first-order valence-electron chi connectivity index (χ1n) is 8.82. The monoisotopic (exact) mass is 366 g/mol. The molecule has 2 fully saturated rings. The molecule has 4 rings (SSSR count). The zero-order valence-corrected chi connectivity index (χ0v) is 15.6. The van der Waals surface area contributed by atoms with E-state index in [2.05, 4.69) is 4.98 Å². The van der Waals surface area contributed by atoms with Gasteiger partial charge in [-0.25, -0.2) is 18.2 Å². The van der Waals surface area contributed by atoms with E-state index in [1.54, 1.807) is 17.6 Å². The van der Waals surface area contributed by atoms with Gasteiger partial charge in [0, 0.05) is 18.9 Å². The van der Waals surface area contributed by atoms with E-state index in [9.17, 15) is 13.2 Å². The topological polar surface area (TPSA) is 36.3 Å². The normalized spacial score (nSPS) is 24.2. The van der Waals surface area contributed by atoms with Crippen molar-refractivity contribution in [1.29, 1.82) is 0 Å². The zero-order chi connectivity index (χ0) is 19.1. The number of benzene rings is 1. The van der Waals surface area contributed by atoms with Crippen LogP contribution in [0.1, 0.15) is 52.4 Å². The number of aryl methyl sites for hydroxylation is 1. The molecule has 0 atom stereocenters. The maximum atomic E-state index is 14.7. The summed E-state index contributed by atoms with van der Waals surface area (Å²) in [4.78, 5) is 4.25. The Morgan fingerprint density at radius 2 is 1.69 bits per heavy atom. The summed E-state index contributed by atoms with van der Waals surface area (Å²) in [7, 11) is -0.717. The summed E-state index contributed by atoms with van der Waals surface area (Å²) >= 11 is 0. The Balaban J connectivity index is 1.77. The number of nitrogens with zero attached hydrogens (tertiary/aromatic N) is 2. The lowest BCUT2D eigenvalue weighted by atomic mass is 9.78. The summed E-state index contributed by atoms with van der Waals surface area (Å²) in [5.41, 5.74) is 0.136. The highest BCUT2D eigenvalue weighted by molar-refractivity contribution is 6.62. The van der Waals surface area contributed by atoms with Crippen LogP contribution in [0.2, 0.25) is 0 Å². The number of fused-ring (bicyclic) bond motifs is 1. The fourth-order valence-corrected chi connectivity index (χ4v) is 3.68. The molecule has 0 bridgehead atoms. The van der Waals surface area contributed by atoms with Crippen LogP contribution in [0, 0.1) is 12.7 Å². The second-order valence-corrected chi connectivity index (χ2v) is 8.41. The third-order valence-electron chi connectivity index (χ3n) is 5.91. The Morgan fingerprint density at radius 3 is 2.23 bits per heavy atom. The van der Waals surface area contributed by atoms with Gasteiger partial charge in [0.15, 0.2) is 5.82 Å². The van der Waals surface area contributed by atoms with Gasteiger partial charge in [-0.2, -0.15) is 0 Å². The molecule has 1 aliphatic heterocycles. The smallest absolute Gasteiger partial charge is 0.399 e. The second kappa shape index (κ2) is 5.26. The fraction of sp³-hybridized carbons (Fsp3) is 0.611. The van der Waals surface area contributed by atoms with Crippen LogP contribution in [-0.2, 0) is 9.31 Å². The highest BCUT2D eigenvalue weighted by Crippen LogP contribution is 2.47. The molecule has 0 spiro atoms. The summed E-state index contributed by atoms with van der Waals surface area (Å²) in [6, 6.07) is 2.73. The molecule has 2 heterocycles. The third-order valence-corrected chi connectivity index (χ3v) is 5.91. The number of hydrogen-bond acceptors (Lipinski definition) is 3. The van der Waals surface area contributed by atoms with Crippen LogP contribution in [0.5, 0.6) is 0 Å². The van der Waals surface area contributed by atoms with Crippen molar-refractivity contribution in [2.24, 2.45) is 0 Å². The summed E-state index contributed by atoms with van der Waals surface area (Å²) in [6.45, 7) is 9.41. The molecule has 2 aliphatic rings. The van der Waals surface area contributed by atoms with E-state index in [0.717, 1.165) is 0 Å². The maximum absolute atomic E-state index is 14.7. The molecule has 1 saturated heterocycles. The van der Waals surface area contributed by atoms with Crippen LogP contribution in [0.15, 0.2) is 12.1 Å². The summed E-state index contributed by atoms with van der Waals surface area (Å²) in [6.07, 6.45) is -0.497. The van der Waals surface area contributed by atoms with Gasteiger partial charge in [-0.15, -0.1) is 0 Å². The van der Waals surface area contributed by atoms with Gasteiger partial charge in [-0.05, 0) is 52.2 Å². The average Bonchev–Trinajstić information content (AvgIpc) is 2.90. The number of halogens is 3. The minimum Gasteiger partial charge on any atom is -0.399 e. The summed E-state index contributed by atoms with van der Waals surface area (Å²) in [5.74, 6) is -2.62. The Labute approximate surface area is 150 Å². The van der Waals surface area contributed by atoms with Crippen LogP contribution < -0.4 is 5.46 Å². The van der Waals surface area contributed by atoms with Gasteiger partial charge < -0.3 is 13.9 Å². The van der Waals surface area contributed by atoms with Gasteiger partial charge in [0.1, 0.15) is 11.3 Å². The minimum atomic E-state index is -2.66. The number of rotatable bonds is 2. The third kappa shape index (κ3) is 2.57. The van der Waals surface area contributed by atoms with E-state index in [1.165, 1.54) is 6.07 Å². The van der Waals surface area contributed by atoms with Crippen LogP contribution in [-0.4, -0.2) is 33.8 Å². The number of alkyl halides is 2. The number of hydrogen-bond donors (Lipinski definition) is 0. The molecule has 140 valence electrons. The van der Waals surface area contributed by atoms with Crippen molar-refractivity contribution in [2.45, 2.75) is 70.6 Å². The predicted octanol–water partition coefficient (Wildman–Crippen LogP) is 3.75. The van der Waals surface area contributed by atoms with Gasteiger partial charge in [0.25, 0.3) is 5.92 Å². The Bertz CT molecular complexity index is 870. The second-order valence-electron chi connectivity index (χ2n) is 8.41. The van der Waals surface area contributed by atoms with E-state index >= 15 is 0 Å². The van der Waals surface area contributed by atoms with Crippen LogP contribution in [0.3, 0.4) is 0 Å². The Hall–Kier alpha value is -1.54. The minimum absolute atomic E-state index is 0.193. The molecule has 4 nitrogen and oxygen atoms in total. The first-order valence-corrected chi connectivity index (χ1v) is 8.82. The zero-order valence-electron chi connectivity index (χ0n) is 15.6. The molecule has 1 aromatic heterocycles. The van der Waals surface area contributed by atoms with Crippen LogP contribution in [0.25, 0.3) is 11.0 Å². The lowest BCUT2D eigenvalue weighted by Crippen LogP contribution is -2.41. The van der Waals surface area contributed by atoms with Crippen molar-refractivity contribution in [3.63, 3.8) is 0 Å². The number of imidazole rings is 1. The lowest BCUT2D eigenvalue weighted by molar-refractivity contribution is -0.103. The van der Waals surface area contributed by atoms with Gasteiger partial charge in [-0.1, -0.05) is 0 Å². The predicted molar refractivity (Wildman–Crippen MR) is 93.4 cm³/mol. The summed E-state index contributed by atoms with van der Waals surface area (Å²) in [5, 5.41) is 0. The standard InChI is InChI=1S/C18H22BF3N2O2/c1-10-23-15-13(20)6-11(19-25-16(2,3)17(4,5)26-19)7-14(15)24(10)12-8-18(21,22)9-12/h6-7,12H,8-9H2,1-5H3. The molecule has 0 amide bonds. The van der Waals surface area contributed by atoms with Crippen molar-refractivity contribution in [2.75, 3.05) is 0 Å². The molecule has 1 saturated carbocycles. The molecule has 1 aliphatic carbocycles. The van der Waals surface area contributed by atoms with Crippen LogP contribution >= 0.6 is 0 Å². The first-order chi connectivity index (χ1) is 11.9. The van der Waals surface area contributed by atoms with Gasteiger partial charge in [-0.3, -0.25) is 0 Å². The van der Waals surface area contributed by atoms with E-state index < -0.39 is 30.1 Å². The highest BCUT2D eigenvalue weighted by atomic mass is 19.3. The first kappa shape index (κ1) is 17.9. The van der Waals surface area contributed by atoms with Crippen molar-refractivity contribution in [3.05, 3.63) is 23.8 Å². The van der Waals surface area contributed by atoms with Gasteiger partial charge in [0.05, 0.1) is 16.7 Å². The quantitative estimate of drug-likeness (QED) is 0.760. The summed E-state index contributed by atoms with van der Waals surface area (Å²) < 4.78 is 55.1. The largest absolute Gasteiger partial charge is 0.495 e. The van der Waals surface area contributed by atoms with E-state index in [0.29, 0.717) is 16.8 Å². The molecule has 8 heteroatoms. The highest BCUT2D eigenvalue weighted by Gasteiger charge is 2.52. The molecule has 0 radical (unpaired) electrons. The van der Waals surface area contributed by atoms with E-state index in [-0.39, 0.29) is 24.4 Å². The molecule has 0 unspecified atom stereocenters. The average molecular weight is 366 g/mol. The Morgan fingerprint density at radius 1 is 1.12 bits per heavy atom. The van der Waals surface area contributed by atoms with Gasteiger partial charge in [0.2, 0.25) is 0 Å². The Kier molecular flexibility index (Phi) is 3.61. The fourth-order valence-electron chi connectivity index (χ4n) is 3.68. The molecule has 0 N–H and O–H groups in total. The molecule has 1 aromatic carbocycles. The lowest BCUT2D eigenvalue weighted by Gasteiger charge is -2.36. The van der Waals surface area contributed by atoms with Gasteiger partial charge >= 0.3 is 7.12 Å². The van der Waals surface area contributed by atoms with Crippen molar-refractivity contribution < 1.29 is 22.5 Å². The molecular formula is C18H22BF3N2O2.